The Hall–Kier alpha value is -1.32. The SMILES string of the molecule is C=C(C)C(=O)N(C)CC(=O)OC1(CCC)C2CC3CC(C2)CC1C3. The third-order valence-corrected chi connectivity index (χ3v) is 6.54. The molecule has 0 aromatic carbocycles. The predicted molar refractivity (Wildman–Crippen MR) is 93.2 cm³/mol. The molecule has 134 valence electrons. The van der Waals surface area contributed by atoms with E-state index in [1.54, 1.807) is 14.0 Å². The van der Waals surface area contributed by atoms with Crippen molar-refractivity contribution in [2.75, 3.05) is 13.6 Å². The second-order valence-electron chi connectivity index (χ2n) is 8.42. The number of rotatable bonds is 6. The van der Waals surface area contributed by atoms with Crippen LogP contribution in [0.15, 0.2) is 12.2 Å². The van der Waals surface area contributed by atoms with Gasteiger partial charge in [0.2, 0.25) is 5.91 Å². The highest BCUT2D eigenvalue weighted by Crippen LogP contribution is 2.60. The molecule has 4 fully saturated rings. The fraction of sp³-hybridized carbons (Fsp3) is 0.800. The topological polar surface area (TPSA) is 46.6 Å². The summed E-state index contributed by atoms with van der Waals surface area (Å²) in [6, 6.07) is 0. The second-order valence-corrected chi connectivity index (χ2v) is 8.42. The molecule has 0 spiro atoms. The van der Waals surface area contributed by atoms with E-state index >= 15 is 0 Å². The monoisotopic (exact) mass is 333 g/mol. The first-order valence-electron chi connectivity index (χ1n) is 9.48. The number of esters is 1. The molecule has 4 aliphatic rings. The van der Waals surface area contributed by atoms with E-state index in [1.807, 2.05) is 0 Å². The highest BCUT2D eigenvalue weighted by atomic mass is 16.6. The first kappa shape index (κ1) is 17.5. The Bertz CT molecular complexity index is 511. The van der Waals surface area contributed by atoms with Gasteiger partial charge in [0.1, 0.15) is 12.1 Å². The maximum Gasteiger partial charge on any atom is 0.326 e. The molecule has 4 nitrogen and oxygen atoms in total. The predicted octanol–water partition coefficient (Wildman–Crippen LogP) is 3.56. The number of hydrogen-bond donors (Lipinski definition) is 0. The van der Waals surface area contributed by atoms with Crippen molar-refractivity contribution >= 4 is 11.9 Å². The first-order valence-corrected chi connectivity index (χ1v) is 9.48. The lowest BCUT2D eigenvalue weighted by molar-refractivity contribution is -0.212. The van der Waals surface area contributed by atoms with Crippen molar-refractivity contribution in [2.24, 2.45) is 23.7 Å². The molecule has 4 heteroatoms. The molecule has 0 aliphatic heterocycles. The Morgan fingerprint density at radius 1 is 1.12 bits per heavy atom. The van der Waals surface area contributed by atoms with E-state index in [-0.39, 0.29) is 24.0 Å². The quantitative estimate of drug-likeness (QED) is 0.551. The minimum absolute atomic E-state index is 0.0173. The van der Waals surface area contributed by atoms with Gasteiger partial charge in [-0.2, -0.15) is 0 Å². The maximum atomic E-state index is 12.6. The lowest BCUT2D eigenvalue weighted by Crippen LogP contribution is -2.60. The molecule has 0 saturated heterocycles. The summed E-state index contributed by atoms with van der Waals surface area (Å²) in [5, 5.41) is 0. The molecule has 4 saturated carbocycles. The minimum Gasteiger partial charge on any atom is -0.457 e. The van der Waals surface area contributed by atoms with Crippen LogP contribution in [-0.4, -0.2) is 36.0 Å². The number of carbonyl (C=O) groups excluding carboxylic acids is 2. The van der Waals surface area contributed by atoms with Gasteiger partial charge in [-0.3, -0.25) is 9.59 Å². The van der Waals surface area contributed by atoms with E-state index < -0.39 is 0 Å². The molecule has 0 aromatic rings. The molecule has 0 radical (unpaired) electrons. The number of carbonyl (C=O) groups is 2. The van der Waals surface area contributed by atoms with Crippen LogP contribution in [0.5, 0.6) is 0 Å². The highest BCUT2D eigenvalue weighted by molar-refractivity contribution is 5.94. The summed E-state index contributed by atoms with van der Waals surface area (Å²) in [5.41, 5.74) is 0.176. The zero-order valence-corrected chi connectivity index (χ0v) is 15.3. The lowest BCUT2D eigenvalue weighted by atomic mass is 9.49. The normalized spacial score (nSPS) is 36.5. The van der Waals surface area contributed by atoms with Gasteiger partial charge in [-0.1, -0.05) is 19.9 Å². The third-order valence-electron chi connectivity index (χ3n) is 6.54. The van der Waals surface area contributed by atoms with Crippen LogP contribution >= 0.6 is 0 Å². The van der Waals surface area contributed by atoms with Crippen LogP contribution in [0.1, 0.15) is 58.8 Å². The Labute approximate surface area is 145 Å². The van der Waals surface area contributed by atoms with Gasteiger partial charge < -0.3 is 9.64 Å². The van der Waals surface area contributed by atoms with Crippen LogP contribution in [0.4, 0.5) is 0 Å². The van der Waals surface area contributed by atoms with Crippen LogP contribution in [0.3, 0.4) is 0 Å². The summed E-state index contributed by atoms with van der Waals surface area (Å²) in [6.07, 6.45) is 8.28. The van der Waals surface area contributed by atoms with E-state index in [9.17, 15) is 9.59 Å². The Morgan fingerprint density at radius 3 is 2.12 bits per heavy atom. The summed E-state index contributed by atoms with van der Waals surface area (Å²) in [4.78, 5) is 26.0. The van der Waals surface area contributed by atoms with E-state index in [0.717, 1.165) is 24.7 Å². The highest BCUT2D eigenvalue weighted by Gasteiger charge is 2.58. The molecule has 24 heavy (non-hydrogen) atoms. The molecule has 4 bridgehead atoms. The van der Waals surface area contributed by atoms with Gasteiger partial charge in [0, 0.05) is 12.6 Å². The van der Waals surface area contributed by atoms with Gasteiger partial charge in [0.15, 0.2) is 0 Å². The van der Waals surface area contributed by atoms with Crippen molar-refractivity contribution in [1.29, 1.82) is 0 Å². The molecule has 4 aliphatic carbocycles. The minimum atomic E-state index is -0.271. The summed E-state index contributed by atoms with van der Waals surface area (Å²) in [7, 11) is 1.64. The van der Waals surface area contributed by atoms with Crippen LogP contribution in [0.2, 0.25) is 0 Å². The van der Waals surface area contributed by atoms with Crippen LogP contribution < -0.4 is 0 Å². The largest absolute Gasteiger partial charge is 0.457 e. The zero-order chi connectivity index (χ0) is 17.5. The third kappa shape index (κ3) is 3.00. The summed E-state index contributed by atoms with van der Waals surface area (Å²) in [6.45, 7) is 7.52. The molecule has 0 atom stereocenters. The smallest absolute Gasteiger partial charge is 0.326 e. The maximum absolute atomic E-state index is 12.6. The van der Waals surface area contributed by atoms with Gasteiger partial charge in [0.05, 0.1) is 0 Å². The van der Waals surface area contributed by atoms with E-state index in [1.165, 1.54) is 37.0 Å². The van der Waals surface area contributed by atoms with Crippen molar-refractivity contribution < 1.29 is 14.3 Å². The van der Waals surface area contributed by atoms with Gasteiger partial charge in [0.25, 0.3) is 0 Å². The van der Waals surface area contributed by atoms with Crippen molar-refractivity contribution in [2.45, 2.75) is 64.4 Å². The van der Waals surface area contributed by atoms with Crippen LogP contribution in [0, 0.1) is 23.7 Å². The van der Waals surface area contributed by atoms with Crippen molar-refractivity contribution in [1.82, 2.24) is 4.90 Å². The Balaban J connectivity index is 1.71. The molecular formula is C20H31NO3. The second kappa shape index (κ2) is 6.53. The van der Waals surface area contributed by atoms with Gasteiger partial charge in [-0.25, -0.2) is 0 Å². The summed E-state index contributed by atoms with van der Waals surface area (Å²) >= 11 is 0. The van der Waals surface area contributed by atoms with Crippen LogP contribution in [0.25, 0.3) is 0 Å². The number of hydrogen-bond acceptors (Lipinski definition) is 3. The number of amides is 1. The molecule has 0 unspecified atom stereocenters. The number of likely N-dealkylation sites (N-methyl/N-ethyl adjacent to an activating group) is 1. The molecular weight excluding hydrogens is 302 g/mol. The van der Waals surface area contributed by atoms with Gasteiger partial charge in [-0.15, -0.1) is 0 Å². The number of nitrogens with zero attached hydrogens (tertiary/aromatic N) is 1. The summed E-state index contributed by atoms with van der Waals surface area (Å²) in [5.74, 6) is 2.31. The molecule has 4 rings (SSSR count). The van der Waals surface area contributed by atoms with E-state index in [0.29, 0.717) is 17.4 Å². The Kier molecular flexibility index (Phi) is 4.76. The van der Waals surface area contributed by atoms with Crippen LogP contribution in [-0.2, 0) is 14.3 Å². The lowest BCUT2D eigenvalue weighted by Gasteiger charge is -2.60. The molecule has 0 N–H and O–H groups in total. The zero-order valence-electron chi connectivity index (χ0n) is 15.3. The Morgan fingerprint density at radius 2 is 1.67 bits per heavy atom. The van der Waals surface area contributed by atoms with Gasteiger partial charge in [-0.05, 0) is 69.1 Å². The van der Waals surface area contributed by atoms with Crippen molar-refractivity contribution in [3.8, 4) is 0 Å². The molecule has 1 amide bonds. The first-order chi connectivity index (χ1) is 11.4. The fourth-order valence-corrected chi connectivity index (χ4v) is 5.83. The van der Waals surface area contributed by atoms with Crippen molar-refractivity contribution in [3.05, 3.63) is 12.2 Å². The molecule has 0 heterocycles. The fourth-order valence-electron chi connectivity index (χ4n) is 5.83. The van der Waals surface area contributed by atoms with Crippen molar-refractivity contribution in [3.63, 3.8) is 0 Å². The van der Waals surface area contributed by atoms with E-state index in [2.05, 4.69) is 13.5 Å². The number of ether oxygens (including phenoxy) is 1. The average Bonchev–Trinajstić information content (AvgIpc) is 2.50. The summed E-state index contributed by atoms with van der Waals surface area (Å²) < 4.78 is 6.19. The average molecular weight is 333 g/mol. The van der Waals surface area contributed by atoms with Gasteiger partial charge >= 0.3 is 5.97 Å². The molecule has 0 aromatic heterocycles. The van der Waals surface area contributed by atoms with E-state index in [4.69, 9.17) is 4.74 Å². The standard InChI is InChI=1S/C20H31NO3/c1-5-6-20(24-18(22)12-21(4)19(23)13(2)3)16-8-14-7-15(10-16)11-17(20)9-14/h14-17H,2,5-12H2,1,3-4H3.